The van der Waals surface area contributed by atoms with Gasteiger partial charge in [0.25, 0.3) is 0 Å². The lowest BCUT2D eigenvalue weighted by molar-refractivity contribution is 0.211. The number of hydrogen-bond donors (Lipinski definition) is 1. The number of ether oxygens (including phenoxy) is 3. The van der Waals surface area contributed by atoms with Gasteiger partial charge in [-0.25, -0.2) is 0 Å². The second kappa shape index (κ2) is 7.70. The van der Waals surface area contributed by atoms with E-state index in [0.29, 0.717) is 31.3 Å². The monoisotopic (exact) mass is 323 g/mol. The minimum absolute atomic E-state index is 0.436. The molecule has 0 spiro atoms. The Morgan fingerprint density at radius 3 is 2.38 bits per heavy atom. The molecule has 0 aliphatic carbocycles. The zero-order valence-electron chi connectivity index (χ0n) is 13.7. The van der Waals surface area contributed by atoms with Crippen LogP contribution in [0.2, 0.25) is 0 Å². The molecule has 0 heterocycles. The SMILES string of the molecule is COc1cc(CN)ccc1OCCOc1ccc2ccccc2c1. The number of fused-ring (bicyclic) bond motifs is 1. The summed E-state index contributed by atoms with van der Waals surface area (Å²) in [6.07, 6.45) is 0. The fourth-order valence-electron chi connectivity index (χ4n) is 2.53. The van der Waals surface area contributed by atoms with Crippen LogP contribution in [-0.2, 0) is 6.54 Å². The predicted molar refractivity (Wildman–Crippen MR) is 95.8 cm³/mol. The van der Waals surface area contributed by atoms with E-state index in [4.69, 9.17) is 19.9 Å². The van der Waals surface area contributed by atoms with E-state index in [1.165, 1.54) is 5.39 Å². The molecule has 0 aliphatic heterocycles. The molecule has 0 bridgehead atoms. The molecule has 0 aliphatic rings. The second-order valence-electron chi connectivity index (χ2n) is 5.40. The Hall–Kier alpha value is -2.72. The largest absolute Gasteiger partial charge is 0.493 e. The first-order chi connectivity index (χ1) is 11.8. The van der Waals surface area contributed by atoms with Crippen LogP contribution >= 0.6 is 0 Å². The van der Waals surface area contributed by atoms with E-state index in [2.05, 4.69) is 18.2 Å². The molecule has 0 aromatic heterocycles. The van der Waals surface area contributed by atoms with Crippen molar-refractivity contribution in [1.82, 2.24) is 0 Å². The maximum absolute atomic E-state index is 5.77. The Kier molecular flexibility index (Phi) is 5.18. The van der Waals surface area contributed by atoms with Crippen LogP contribution in [0, 0.1) is 0 Å². The van der Waals surface area contributed by atoms with E-state index in [9.17, 15) is 0 Å². The lowest BCUT2D eigenvalue weighted by atomic mass is 10.1. The predicted octanol–water partition coefficient (Wildman–Crippen LogP) is 3.76. The van der Waals surface area contributed by atoms with Crippen molar-refractivity contribution in [2.75, 3.05) is 20.3 Å². The highest BCUT2D eigenvalue weighted by molar-refractivity contribution is 5.83. The van der Waals surface area contributed by atoms with E-state index >= 15 is 0 Å². The molecule has 0 saturated carbocycles. The quantitative estimate of drug-likeness (QED) is 0.673. The number of rotatable bonds is 7. The first-order valence-electron chi connectivity index (χ1n) is 7.91. The standard InChI is InChI=1S/C20H21NO3/c1-22-20-12-15(14-21)6-9-19(20)24-11-10-23-18-8-7-16-4-2-3-5-17(16)13-18/h2-9,12-13H,10-11,14,21H2,1H3. The Labute approximate surface area is 141 Å². The van der Waals surface area contributed by atoms with Crippen LogP contribution in [0.1, 0.15) is 5.56 Å². The van der Waals surface area contributed by atoms with Crippen LogP contribution in [0.4, 0.5) is 0 Å². The van der Waals surface area contributed by atoms with Crippen LogP contribution < -0.4 is 19.9 Å². The molecule has 24 heavy (non-hydrogen) atoms. The van der Waals surface area contributed by atoms with Crippen molar-refractivity contribution in [3.63, 3.8) is 0 Å². The van der Waals surface area contributed by atoms with Crippen molar-refractivity contribution in [3.05, 3.63) is 66.2 Å². The number of hydrogen-bond acceptors (Lipinski definition) is 4. The van der Waals surface area contributed by atoms with Gasteiger partial charge in [0.05, 0.1) is 7.11 Å². The fourth-order valence-corrected chi connectivity index (χ4v) is 2.53. The van der Waals surface area contributed by atoms with Gasteiger partial charge in [0, 0.05) is 6.54 Å². The van der Waals surface area contributed by atoms with Crippen molar-refractivity contribution < 1.29 is 14.2 Å². The zero-order valence-corrected chi connectivity index (χ0v) is 13.7. The minimum atomic E-state index is 0.436. The van der Waals surface area contributed by atoms with Crippen molar-refractivity contribution >= 4 is 10.8 Å². The summed E-state index contributed by atoms with van der Waals surface area (Å²) in [6, 6.07) is 20.0. The van der Waals surface area contributed by atoms with Gasteiger partial charge in [-0.05, 0) is 40.6 Å². The molecule has 0 atom stereocenters. The van der Waals surface area contributed by atoms with Gasteiger partial charge in [-0.2, -0.15) is 0 Å². The van der Waals surface area contributed by atoms with Gasteiger partial charge >= 0.3 is 0 Å². The molecule has 3 rings (SSSR count). The highest BCUT2D eigenvalue weighted by Crippen LogP contribution is 2.28. The summed E-state index contributed by atoms with van der Waals surface area (Å²) in [5, 5.41) is 2.36. The molecule has 4 heteroatoms. The molecule has 124 valence electrons. The van der Waals surface area contributed by atoms with Gasteiger partial charge in [-0.3, -0.25) is 0 Å². The number of benzene rings is 3. The van der Waals surface area contributed by atoms with E-state index in [0.717, 1.165) is 16.7 Å². The highest BCUT2D eigenvalue weighted by Gasteiger charge is 2.05. The van der Waals surface area contributed by atoms with Crippen molar-refractivity contribution in [2.24, 2.45) is 5.73 Å². The summed E-state index contributed by atoms with van der Waals surface area (Å²) >= 11 is 0. The summed E-state index contributed by atoms with van der Waals surface area (Å²) < 4.78 is 16.8. The second-order valence-corrected chi connectivity index (χ2v) is 5.40. The average molecular weight is 323 g/mol. The molecule has 2 N–H and O–H groups in total. The third-order valence-electron chi connectivity index (χ3n) is 3.79. The summed E-state index contributed by atoms with van der Waals surface area (Å²) in [5.41, 5.74) is 6.64. The third kappa shape index (κ3) is 3.78. The minimum Gasteiger partial charge on any atom is -0.493 e. The summed E-state index contributed by atoms with van der Waals surface area (Å²) in [6.45, 7) is 1.37. The molecule has 4 nitrogen and oxygen atoms in total. The molecule has 0 unspecified atom stereocenters. The van der Waals surface area contributed by atoms with Gasteiger partial charge in [0.1, 0.15) is 19.0 Å². The zero-order chi connectivity index (χ0) is 16.8. The maximum atomic E-state index is 5.77. The fraction of sp³-hybridized carbons (Fsp3) is 0.200. The van der Waals surface area contributed by atoms with Crippen molar-refractivity contribution in [2.45, 2.75) is 6.54 Å². The van der Waals surface area contributed by atoms with Gasteiger partial charge in [0.2, 0.25) is 0 Å². The normalized spacial score (nSPS) is 10.6. The molecule has 0 amide bonds. The average Bonchev–Trinajstić information content (AvgIpc) is 2.65. The first kappa shape index (κ1) is 16.1. The van der Waals surface area contributed by atoms with Crippen molar-refractivity contribution in [1.29, 1.82) is 0 Å². The van der Waals surface area contributed by atoms with Crippen LogP contribution in [0.25, 0.3) is 10.8 Å². The van der Waals surface area contributed by atoms with Crippen LogP contribution in [0.5, 0.6) is 17.2 Å². The Bertz CT molecular complexity index is 817. The molecular formula is C20H21NO3. The molecule has 3 aromatic carbocycles. The smallest absolute Gasteiger partial charge is 0.161 e. The molecular weight excluding hydrogens is 302 g/mol. The lowest BCUT2D eigenvalue weighted by Gasteiger charge is -2.12. The van der Waals surface area contributed by atoms with Crippen LogP contribution in [-0.4, -0.2) is 20.3 Å². The van der Waals surface area contributed by atoms with E-state index in [1.807, 2.05) is 42.5 Å². The third-order valence-corrected chi connectivity index (χ3v) is 3.79. The van der Waals surface area contributed by atoms with Gasteiger partial charge < -0.3 is 19.9 Å². The molecule has 0 saturated heterocycles. The van der Waals surface area contributed by atoms with Gasteiger partial charge in [-0.15, -0.1) is 0 Å². The number of nitrogens with two attached hydrogens (primary N) is 1. The Balaban J connectivity index is 1.56. The number of methoxy groups -OCH3 is 1. The van der Waals surface area contributed by atoms with Crippen molar-refractivity contribution in [3.8, 4) is 17.2 Å². The van der Waals surface area contributed by atoms with Gasteiger partial charge in [-0.1, -0.05) is 36.4 Å². The summed E-state index contributed by atoms with van der Waals surface area (Å²) in [5.74, 6) is 2.21. The topological polar surface area (TPSA) is 53.7 Å². The van der Waals surface area contributed by atoms with Crippen LogP contribution in [0.15, 0.2) is 60.7 Å². The maximum Gasteiger partial charge on any atom is 0.161 e. The molecule has 0 radical (unpaired) electrons. The van der Waals surface area contributed by atoms with Crippen LogP contribution in [0.3, 0.4) is 0 Å². The summed E-state index contributed by atoms with van der Waals surface area (Å²) in [7, 11) is 1.62. The first-order valence-corrected chi connectivity index (χ1v) is 7.91. The van der Waals surface area contributed by atoms with Gasteiger partial charge in [0.15, 0.2) is 11.5 Å². The molecule has 3 aromatic rings. The van der Waals surface area contributed by atoms with E-state index in [-0.39, 0.29) is 0 Å². The Morgan fingerprint density at radius 2 is 1.58 bits per heavy atom. The Morgan fingerprint density at radius 1 is 0.792 bits per heavy atom. The highest BCUT2D eigenvalue weighted by atomic mass is 16.5. The molecule has 0 fully saturated rings. The van der Waals surface area contributed by atoms with E-state index < -0.39 is 0 Å². The van der Waals surface area contributed by atoms with E-state index in [1.54, 1.807) is 7.11 Å². The summed E-state index contributed by atoms with van der Waals surface area (Å²) in [4.78, 5) is 0. The lowest BCUT2D eigenvalue weighted by Crippen LogP contribution is -2.09.